The summed E-state index contributed by atoms with van der Waals surface area (Å²) in [6.07, 6.45) is 9.20. The lowest BCUT2D eigenvalue weighted by atomic mass is 10.0. The SMILES string of the molecule is CN=C(NCCCCN1CCCCC1C)NC(C)c1cccc(N2CCCC2)c1.I. The van der Waals surface area contributed by atoms with Crippen LogP contribution >= 0.6 is 24.0 Å². The highest BCUT2D eigenvalue weighted by Gasteiger charge is 2.17. The van der Waals surface area contributed by atoms with Crippen molar-refractivity contribution in [3.05, 3.63) is 29.8 Å². The van der Waals surface area contributed by atoms with Gasteiger partial charge in [-0.2, -0.15) is 0 Å². The molecule has 2 N–H and O–H groups in total. The number of unbranched alkanes of at least 4 members (excludes halogenated alkanes) is 1. The maximum atomic E-state index is 4.43. The van der Waals surface area contributed by atoms with Crippen LogP contribution in [0.4, 0.5) is 5.69 Å². The summed E-state index contributed by atoms with van der Waals surface area (Å²) >= 11 is 0. The van der Waals surface area contributed by atoms with Gasteiger partial charge in [0.2, 0.25) is 0 Å². The molecule has 2 fully saturated rings. The zero-order chi connectivity index (χ0) is 20.5. The van der Waals surface area contributed by atoms with Crippen LogP contribution in [0.2, 0.25) is 0 Å². The van der Waals surface area contributed by atoms with Gasteiger partial charge in [0.1, 0.15) is 0 Å². The summed E-state index contributed by atoms with van der Waals surface area (Å²) in [5.74, 6) is 0.899. The molecule has 0 bridgehead atoms. The topological polar surface area (TPSA) is 42.9 Å². The molecule has 0 amide bonds. The van der Waals surface area contributed by atoms with Crippen molar-refractivity contribution >= 4 is 35.6 Å². The quantitative estimate of drug-likeness (QED) is 0.221. The molecule has 0 aliphatic carbocycles. The van der Waals surface area contributed by atoms with Gasteiger partial charge in [0.15, 0.2) is 5.96 Å². The van der Waals surface area contributed by atoms with E-state index in [1.165, 1.54) is 82.4 Å². The van der Waals surface area contributed by atoms with Gasteiger partial charge in [-0.3, -0.25) is 4.99 Å². The van der Waals surface area contributed by atoms with Crippen molar-refractivity contribution < 1.29 is 0 Å². The summed E-state index contributed by atoms with van der Waals surface area (Å²) in [6, 6.07) is 9.96. The highest BCUT2D eigenvalue weighted by atomic mass is 127. The van der Waals surface area contributed by atoms with Crippen LogP contribution in [-0.4, -0.2) is 56.7 Å². The number of piperidine rings is 1. The van der Waals surface area contributed by atoms with Gasteiger partial charge in [0, 0.05) is 38.4 Å². The molecule has 5 nitrogen and oxygen atoms in total. The lowest BCUT2D eigenvalue weighted by Gasteiger charge is -2.33. The third-order valence-electron chi connectivity index (χ3n) is 6.52. The molecule has 2 unspecified atom stereocenters. The fraction of sp³-hybridized carbons (Fsp3) is 0.708. The van der Waals surface area contributed by atoms with Gasteiger partial charge in [-0.05, 0) is 83.2 Å². The van der Waals surface area contributed by atoms with E-state index in [-0.39, 0.29) is 30.0 Å². The Morgan fingerprint density at radius 3 is 2.63 bits per heavy atom. The van der Waals surface area contributed by atoms with Gasteiger partial charge in [0.25, 0.3) is 0 Å². The lowest BCUT2D eigenvalue weighted by molar-refractivity contribution is 0.158. The van der Waals surface area contributed by atoms with E-state index in [0.717, 1.165) is 18.5 Å². The number of nitrogens with zero attached hydrogens (tertiary/aromatic N) is 3. The Hall–Kier alpha value is -1.02. The average Bonchev–Trinajstić information content (AvgIpc) is 3.29. The first-order chi connectivity index (χ1) is 14.2. The Morgan fingerprint density at radius 1 is 1.13 bits per heavy atom. The van der Waals surface area contributed by atoms with Gasteiger partial charge in [0.05, 0.1) is 6.04 Å². The first-order valence-electron chi connectivity index (χ1n) is 11.7. The summed E-state index contributed by atoms with van der Waals surface area (Å²) < 4.78 is 0. The fourth-order valence-electron chi connectivity index (χ4n) is 4.59. The Balaban J connectivity index is 0.00000320. The van der Waals surface area contributed by atoms with Gasteiger partial charge >= 0.3 is 0 Å². The molecule has 3 rings (SSSR count). The molecule has 2 heterocycles. The minimum absolute atomic E-state index is 0. The molecule has 30 heavy (non-hydrogen) atoms. The Kier molecular flexibility index (Phi) is 11.3. The highest BCUT2D eigenvalue weighted by Crippen LogP contribution is 2.24. The minimum atomic E-state index is 0. The number of hydrogen-bond acceptors (Lipinski definition) is 3. The second-order valence-corrected chi connectivity index (χ2v) is 8.74. The Bertz CT molecular complexity index is 644. The van der Waals surface area contributed by atoms with Gasteiger partial charge in [-0.25, -0.2) is 0 Å². The molecule has 2 atom stereocenters. The predicted octanol–water partition coefficient (Wildman–Crippen LogP) is 4.79. The number of aliphatic imine (C=N–C) groups is 1. The third-order valence-corrected chi connectivity index (χ3v) is 6.52. The van der Waals surface area contributed by atoms with Crippen molar-refractivity contribution in [2.24, 2.45) is 4.99 Å². The number of likely N-dealkylation sites (tertiary alicyclic amines) is 1. The van der Waals surface area contributed by atoms with Crippen molar-refractivity contribution in [2.45, 2.75) is 70.9 Å². The first-order valence-corrected chi connectivity index (χ1v) is 11.7. The molecule has 6 heteroatoms. The third kappa shape index (κ3) is 7.59. The summed E-state index contributed by atoms with van der Waals surface area (Å²) in [7, 11) is 1.86. The Morgan fingerprint density at radius 2 is 1.90 bits per heavy atom. The zero-order valence-electron chi connectivity index (χ0n) is 19.2. The van der Waals surface area contributed by atoms with Crippen LogP contribution in [0.25, 0.3) is 0 Å². The van der Waals surface area contributed by atoms with Crippen LogP contribution in [-0.2, 0) is 0 Å². The molecule has 2 saturated heterocycles. The van der Waals surface area contributed by atoms with E-state index >= 15 is 0 Å². The Labute approximate surface area is 201 Å². The molecule has 1 aromatic rings. The number of halogens is 1. The molecule has 1 aromatic carbocycles. The average molecular weight is 528 g/mol. The zero-order valence-corrected chi connectivity index (χ0v) is 21.5. The van der Waals surface area contributed by atoms with Gasteiger partial charge in [-0.1, -0.05) is 18.6 Å². The van der Waals surface area contributed by atoms with Crippen LogP contribution in [0.5, 0.6) is 0 Å². The number of hydrogen-bond donors (Lipinski definition) is 2. The van der Waals surface area contributed by atoms with Crippen LogP contribution in [0, 0.1) is 0 Å². The number of nitrogens with one attached hydrogen (secondary N) is 2. The maximum absolute atomic E-state index is 4.43. The van der Waals surface area contributed by atoms with Gasteiger partial charge < -0.3 is 20.4 Å². The lowest BCUT2D eigenvalue weighted by Crippen LogP contribution is -2.40. The molecule has 2 aliphatic rings. The number of guanidine groups is 1. The fourth-order valence-corrected chi connectivity index (χ4v) is 4.59. The van der Waals surface area contributed by atoms with E-state index in [1.807, 2.05) is 7.05 Å². The van der Waals surface area contributed by atoms with E-state index in [1.54, 1.807) is 0 Å². The van der Waals surface area contributed by atoms with Crippen LogP contribution < -0.4 is 15.5 Å². The molecule has 0 spiro atoms. The van der Waals surface area contributed by atoms with Crippen molar-refractivity contribution in [3.8, 4) is 0 Å². The first kappa shape index (κ1) is 25.2. The van der Waals surface area contributed by atoms with E-state index in [4.69, 9.17) is 0 Å². The number of rotatable bonds is 8. The highest BCUT2D eigenvalue weighted by molar-refractivity contribution is 14.0. The van der Waals surface area contributed by atoms with Crippen molar-refractivity contribution in [1.29, 1.82) is 0 Å². The van der Waals surface area contributed by atoms with E-state index in [9.17, 15) is 0 Å². The smallest absolute Gasteiger partial charge is 0.191 e. The van der Waals surface area contributed by atoms with Crippen molar-refractivity contribution in [2.75, 3.05) is 44.7 Å². The summed E-state index contributed by atoms with van der Waals surface area (Å²) in [5.41, 5.74) is 2.67. The normalized spacial score (nSPS) is 21.2. The number of benzene rings is 1. The molecule has 0 radical (unpaired) electrons. The molecule has 0 aromatic heterocycles. The summed E-state index contributed by atoms with van der Waals surface area (Å²) in [6.45, 7) is 10.5. The van der Waals surface area contributed by atoms with Crippen LogP contribution in [0.1, 0.15) is 70.4 Å². The van der Waals surface area contributed by atoms with Crippen LogP contribution in [0.15, 0.2) is 29.3 Å². The largest absolute Gasteiger partial charge is 0.372 e. The monoisotopic (exact) mass is 527 g/mol. The molecule has 170 valence electrons. The number of anilines is 1. The standard InChI is InChI=1S/C24H41N5.HI/c1-20-11-4-6-15-28(20)16-7-5-14-26-24(25-3)27-21(2)22-12-10-13-23(19-22)29-17-8-9-18-29;/h10,12-13,19-21H,4-9,11,14-18H2,1-3H3,(H2,25,26,27);1H. The molecular formula is C24H42IN5. The summed E-state index contributed by atoms with van der Waals surface area (Å²) in [4.78, 5) is 9.58. The minimum Gasteiger partial charge on any atom is -0.372 e. The van der Waals surface area contributed by atoms with Crippen LogP contribution in [0.3, 0.4) is 0 Å². The predicted molar refractivity (Wildman–Crippen MR) is 140 cm³/mol. The maximum Gasteiger partial charge on any atom is 0.191 e. The second kappa shape index (κ2) is 13.4. The molecule has 2 aliphatic heterocycles. The summed E-state index contributed by atoms with van der Waals surface area (Å²) in [5, 5.41) is 7.06. The molecule has 0 saturated carbocycles. The van der Waals surface area contributed by atoms with E-state index in [0.29, 0.717) is 0 Å². The van der Waals surface area contributed by atoms with Crippen molar-refractivity contribution in [3.63, 3.8) is 0 Å². The van der Waals surface area contributed by atoms with E-state index < -0.39 is 0 Å². The van der Waals surface area contributed by atoms with E-state index in [2.05, 4.69) is 63.5 Å². The van der Waals surface area contributed by atoms with Gasteiger partial charge in [-0.15, -0.1) is 24.0 Å². The second-order valence-electron chi connectivity index (χ2n) is 8.74. The molecular weight excluding hydrogens is 485 g/mol. The van der Waals surface area contributed by atoms with Crippen molar-refractivity contribution in [1.82, 2.24) is 15.5 Å².